The van der Waals surface area contributed by atoms with Gasteiger partial charge in [0, 0.05) is 22.8 Å². The number of hydrazone groups is 1. The average Bonchev–Trinajstić information content (AvgIpc) is 2.69. The molecule has 1 amide bonds. The maximum atomic E-state index is 11.7. The standard InChI is InChI=1S/C21H20Cl2N4O2S/c1-21(2)18(24-25-20(28)30-21)13-5-8-17-12(10-13)4-3-9-27(17)19(26-29)15-7-6-14(22)11-16(15)23/h5-8,10-11,29H,3-4,9H2,1-2H3,(H,25,28). The number of thioether (sulfide) groups is 1. The number of fused-ring (bicyclic) bond motifs is 1. The quantitative estimate of drug-likeness (QED) is 0.266. The van der Waals surface area contributed by atoms with Crippen LogP contribution in [0.2, 0.25) is 10.0 Å². The average molecular weight is 463 g/mol. The Morgan fingerprint density at radius 1 is 1.27 bits per heavy atom. The Labute approximate surface area is 188 Å². The van der Waals surface area contributed by atoms with E-state index in [9.17, 15) is 10.0 Å². The molecule has 30 heavy (non-hydrogen) atoms. The van der Waals surface area contributed by atoms with E-state index in [1.54, 1.807) is 18.2 Å². The first-order valence-electron chi connectivity index (χ1n) is 9.45. The molecule has 2 heterocycles. The summed E-state index contributed by atoms with van der Waals surface area (Å²) in [4.78, 5) is 13.7. The van der Waals surface area contributed by atoms with Crippen LogP contribution in [-0.2, 0) is 6.42 Å². The van der Waals surface area contributed by atoms with Crippen LogP contribution in [0, 0.1) is 0 Å². The number of amidine groups is 1. The number of oxime groups is 1. The summed E-state index contributed by atoms with van der Waals surface area (Å²) in [6, 6.07) is 11.2. The molecule has 2 aromatic carbocycles. The van der Waals surface area contributed by atoms with E-state index >= 15 is 0 Å². The van der Waals surface area contributed by atoms with E-state index in [0.29, 0.717) is 28.0 Å². The summed E-state index contributed by atoms with van der Waals surface area (Å²) in [6.07, 6.45) is 1.78. The first-order chi connectivity index (χ1) is 14.3. The summed E-state index contributed by atoms with van der Waals surface area (Å²) in [5, 5.41) is 18.4. The summed E-state index contributed by atoms with van der Waals surface area (Å²) in [5.41, 5.74) is 7.02. The van der Waals surface area contributed by atoms with Crippen LogP contribution in [0.4, 0.5) is 10.5 Å². The molecule has 0 bridgehead atoms. The van der Waals surface area contributed by atoms with E-state index in [1.807, 2.05) is 30.9 Å². The molecular formula is C21H20Cl2N4O2S. The number of anilines is 1. The molecule has 2 N–H and O–H groups in total. The highest BCUT2D eigenvalue weighted by molar-refractivity contribution is 8.15. The van der Waals surface area contributed by atoms with Crippen molar-refractivity contribution in [2.45, 2.75) is 31.4 Å². The van der Waals surface area contributed by atoms with E-state index in [0.717, 1.165) is 35.4 Å². The first kappa shape index (κ1) is 21.0. The van der Waals surface area contributed by atoms with Gasteiger partial charge in [0.05, 0.1) is 15.5 Å². The van der Waals surface area contributed by atoms with Crippen molar-refractivity contribution in [2.24, 2.45) is 10.3 Å². The van der Waals surface area contributed by atoms with Crippen molar-refractivity contribution in [3.05, 3.63) is 63.1 Å². The van der Waals surface area contributed by atoms with Gasteiger partial charge >= 0.3 is 0 Å². The third-order valence-electron chi connectivity index (χ3n) is 5.17. The fourth-order valence-electron chi connectivity index (χ4n) is 3.84. The second kappa shape index (κ2) is 8.13. The molecule has 0 saturated carbocycles. The summed E-state index contributed by atoms with van der Waals surface area (Å²) in [7, 11) is 0. The number of nitrogens with one attached hydrogen (secondary N) is 1. The molecule has 0 unspecified atom stereocenters. The zero-order chi connectivity index (χ0) is 21.5. The second-order valence-corrected chi connectivity index (χ2v) is 10.1. The Bertz CT molecular complexity index is 1080. The van der Waals surface area contributed by atoms with Crippen molar-refractivity contribution in [2.75, 3.05) is 11.4 Å². The number of benzene rings is 2. The van der Waals surface area contributed by atoms with E-state index in [1.165, 1.54) is 11.8 Å². The Kier molecular flexibility index (Phi) is 5.70. The number of carbonyl (C=O) groups is 1. The third-order valence-corrected chi connectivity index (χ3v) is 6.70. The van der Waals surface area contributed by atoms with Gasteiger partial charge in [0.25, 0.3) is 5.24 Å². The lowest BCUT2D eigenvalue weighted by Crippen LogP contribution is -2.39. The topological polar surface area (TPSA) is 77.3 Å². The lowest BCUT2D eigenvalue weighted by Gasteiger charge is -2.33. The van der Waals surface area contributed by atoms with E-state index in [-0.39, 0.29) is 5.24 Å². The van der Waals surface area contributed by atoms with E-state index in [4.69, 9.17) is 23.2 Å². The highest BCUT2D eigenvalue weighted by Gasteiger charge is 2.35. The lowest BCUT2D eigenvalue weighted by atomic mass is 9.93. The van der Waals surface area contributed by atoms with Gasteiger partial charge in [-0.15, -0.1) is 0 Å². The van der Waals surface area contributed by atoms with Gasteiger partial charge in [-0.2, -0.15) is 5.10 Å². The van der Waals surface area contributed by atoms with Crippen LogP contribution < -0.4 is 10.3 Å². The monoisotopic (exact) mass is 462 g/mol. The molecule has 2 aliphatic heterocycles. The van der Waals surface area contributed by atoms with E-state index in [2.05, 4.69) is 21.7 Å². The molecule has 2 aromatic rings. The van der Waals surface area contributed by atoms with Crippen molar-refractivity contribution < 1.29 is 10.0 Å². The molecule has 2 aliphatic rings. The molecule has 9 heteroatoms. The minimum absolute atomic E-state index is 0.156. The molecule has 4 rings (SSSR count). The molecule has 0 aliphatic carbocycles. The fourth-order valence-corrected chi connectivity index (χ4v) is 5.15. The number of amides is 1. The second-order valence-electron chi connectivity index (χ2n) is 7.62. The van der Waals surface area contributed by atoms with Crippen LogP contribution in [0.5, 0.6) is 0 Å². The molecule has 0 atom stereocenters. The molecule has 6 nitrogen and oxygen atoms in total. The Hall–Kier alpha value is -2.22. The summed E-state index contributed by atoms with van der Waals surface area (Å²) >= 11 is 13.6. The van der Waals surface area contributed by atoms with Gasteiger partial charge < -0.3 is 10.1 Å². The molecule has 0 aromatic heterocycles. The van der Waals surface area contributed by atoms with Crippen molar-refractivity contribution >= 4 is 57.4 Å². The number of hydrogen-bond acceptors (Lipinski definition) is 5. The summed E-state index contributed by atoms with van der Waals surface area (Å²) < 4.78 is -0.431. The van der Waals surface area contributed by atoms with Crippen molar-refractivity contribution in [3.63, 3.8) is 0 Å². The Morgan fingerprint density at radius 3 is 2.77 bits per heavy atom. The zero-order valence-corrected chi connectivity index (χ0v) is 18.8. The van der Waals surface area contributed by atoms with Gasteiger partial charge in [-0.3, -0.25) is 4.79 Å². The fraction of sp³-hybridized carbons (Fsp3) is 0.286. The van der Waals surface area contributed by atoms with Gasteiger partial charge in [0.1, 0.15) is 0 Å². The van der Waals surface area contributed by atoms with Gasteiger partial charge in [-0.25, -0.2) is 5.43 Å². The smallest absolute Gasteiger partial charge is 0.300 e. The molecular weight excluding hydrogens is 443 g/mol. The minimum atomic E-state index is -0.431. The van der Waals surface area contributed by atoms with Crippen molar-refractivity contribution in [1.29, 1.82) is 0 Å². The van der Waals surface area contributed by atoms with Crippen LogP contribution in [0.15, 0.2) is 46.7 Å². The minimum Gasteiger partial charge on any atom is -0.409 e. The Morgan fingerprint density at radius 2 is 2.07 bits per heavy atom. The van der Waals surface area contributed by atoms with Gasteiger partial charge in [0.15, 0.2) is 5.84 Å². The summed E-state index contributed by atoms with van der Waals surface area (Å²) in [6.45, 7) is 4.67. The Balaban J connectivity index is 1.73. The normalized spacial score (nSPS) is 18.5. The maximum absolute atomic E-state index is 11.7. The van der Waals surface area contributed by atoms with Crippen molar-refractivity contribution in [1.82, 2.24) is 5.43 Å². The largest absolute Gasteiger partial charge is 0.409 e. The summed E-state index contributed by atoms with van der Waals surface area (Å²) in [5.74, 6) is 0.378. The van der Waals surface area contributed by atoms with Crippen LogP contribution in [0.1, 0.15) is 37.0 Å². The van der Waals surface area contributed by atoms with Crippen LogP contribution in [-0.4, -0.2) is 33.3 Å². The molecule has 156 valence electrons. The van der Waals surface area contributed by atoms with Crippen LogP contribution in [0.3, 0.4) is 0 Å². The number of rotatable bonds is 2. The molecule has 0 spiro atoms. The SMILES string of the molecule is CC1(C)SC(=O)NN=C1c1ccc2c(c1)CCCN2C(=NO)c1ccc(Cl)cc1Cl. The van der Waals surface area contributed by atoms with Crippen LogP contribution >= 0.6 is 35.0 Å². The maximum Gasteiger partial charge on any atom is 0.300 e. The highest BCUT2D eigenvalue weighted by atomic mass is 35.5. The zero-order valence-electron chi connectivity index (χ0n) is 16.4. The molecule has 0 radical (unpaired) electrons. The van der Waals surface area contributed by atoms with Gasteiger partial charge in [-0.05, 0) is 68.1 Å². The predicted molar refractivity (Wildman–Crippen MR) is 124 cm³/mol. The number of nitrogens with zero attached hydrogens (tertiary/aromatic N) is 3. The first-order valence-corrected chi connectivity index (χ1v) is 11.0. The number of carbonyl (C=O) groups excluding carboxylic acids is 1. The van der Waals surface area contributed by atoms with Crippen molar-refractivity contribution in [3.8, 4) is 0 Å². The van der Waals surface area contributed by atoms with Gasteiger partial charge in [0.2, 0.25) is 0 Å². The highest BCUT2D eigenvalue weighted by Crippen LogP contribution is 2.36. The molecule has 0 fully saturated rings. The van der Waals surface area contributed by atoms with Gasteiger partial charge in [-0.1, -0.05) is 46.2 Å². The number of hydrogen-bond donors (Lipinski definition) is 2. The third kappa shape index (κ3) is 3.89. The molecule has 0 saturated heterocycles. The number of aryl methyl sites for hydroxylation is 1. The lowest BCUT2D eigenvalue weighted by molar-refractivity contribution is 0.260. The predicted octanol–water partition coefficient (Wildman–Crippen LogP) is 5.52. The van der Waals surface area contributed by atoms with Crippen LogP contribution in [0.25, 0.3) is 0 Å². The number of halogens is 2. The van der Waals surface area contributed by atoms with E-state index < -0.39 is 4.75 Å².